The van der Waals surface area contributed by atoms with E-state index in [0.717, 1.165) is 24.5 Å². The lowest BCUT2D eigenvalue weighted by Crippen LogP contribution is -2.39. The van der Waals surface area contributed by atoms with E-state index in [0.29, 0.717) is 14.3 Å². The molecule has 2 unspecified atom stereocenters. The maximum absolute atomic E-state index is 13.3. The minimum atomic E-state index is -5.05. The molecule has 2 aromatic carbocycles. The van der Waals surface area contributed by atoms with E-state index < -0.39 is 54.7 Å². The highest BCUT2D eigenvalue weighted by Crippen LogP contribution is 2.32. The molecule has 0 aliphatic carbocycles. The van der Waals surface area contributed by atoms with Gasteiger partial charge in [0.05, 0.1) is 18.3 Å². The molecule has 0 fully saturated rings. The van der Waals surface area contributed by atoms with Crippen LogP contribution in [0.4, 0.5) is 26.3 Å². The van der Waals surface area contributed by atoms with Crippen molar-refractivity contribution in [2.24, 2.45) is 0 Å². The molecule has 2 heterocycles. The molecule has 2 aromatic heterocycles. The van der Waals surface area contributed by atoms with Crippen LogP contribution in [-0.4, -0.2) is 42.6 Å². The number of halogens is 7. The van der Waals surface area contributed by atoms with Crippen molar-refractivity contribution < 1.29 is 40.7 Å². The average molecular weight is 590 g/mol. The van der Waals surface area contributed by atoms with Crippen molar-refractivity contribution in [3.05, 3.63) is 93.5 Å². The number of aromatic nitrogens is 4. The summed E-state index contributed by atoms with van der Waals surface area (Å²) in [6, 6.07) is 8.25. The van der Waals surface area contributed by atoms with E-state index in [2.05, 4.69) is 15.4 Å². The fourth-order valence-electron chi connectivity index (χ4n) is 3.70. The lowest BCUT2D eigenvalue weighted by atomic mass is 10.0. The first-order valence-corrected chi connectivity index (χ1v) is 11.7. The van der Waals surface area contributed by atoms with Crippen LogP contribution in [0.25, 0.3) is 11.4 Å². The number of nitrogens with one attached hydrogen (secondary N) is 1. The molecule has 9 nitrogen and oxygen atoms in total. The predicted molar refractivity (Wildman–Crippen MR) is 127 cm³/mol. The minimum absolute atomic E-state index is 0.0429. The van der Waals surface area contributed by atoms with E-state index in [1.165, 1.54) is 36.5 Å². The van der Waals surface area contributed by atoms with Crippen molar-refractivity contribution in [2.45, 2.75) is 37.6 Å². The molecule has 40 heavy (non-hydrogen) atoms. The van der Waals surface area contributed by atoms with Gasteiger partial charge in [-0.1, -0.05) is 23.7 Å². The number of carbonyl (C=O) groups excluding carboxylic acids is 1. The zero-order valence-electron chi connectivity index (χ0n) is 19.9. The molecule has 4 aromatic rings. The van der Waals surface area contributed by atoms with Crippen molar-refractivity contribution >= 4 is 17.5 Å². The van der Waals surface area contributed by atoms with Gasteiger partial charge in [-0.05, 0) is 42.0 Å². The molecule has 212 valence electrons. The number of amides is 1. The van der Waals surface area contributed by atoms with Gasteiger partial charge in [0.15, 0.2) is 11.9 Å². The number of carbonyl (C=O) groups is 1. The standard InChI is InChI=1S/C24H18ClF6N5O4/c25-16-6-4-13(5-7-16)20-34-36(22(39)35(20)11-17(37)24(29,30)31)12-18(38)33-19(21-32-8-9-40-21)14-2-1-3-15(10-14)23(26,27)28/h1-10,17,19,37H,11-12H2,(H,33,38). The van der Waals surface area contributed by atoms with Crippen LogP contribution in [-0.2, 0) is 24.1 Å². The van der Waals surface area contributed by atoms with E-state index in [-0.39, 0.29) is 22.8 Å². The smallest absolute Gasteiger partial charge is 0.416 e. The second kappa shape index (κ2) is 11.2. The van der Waals surface area contributed by atoms with Gasteiger partial charge in [0.25, 0.3) is 0 Å². The lowest BCUT2D eigenvalue weighted by molar-refractivity contribution is -0.207. The average Bonchev–Trinajstić information content (AvgIpc) is 3.51. The van der Waals surface area contributed by atoms with Crippen LogP contribution in [0.15, 0.2) is 70.2 Å². The first-order valence-electron chi connectivity index (χ1n) is 11.3. The topological polar surface area (TPSA) is 115 Å². The van der Waals surface area contributed by atoms with Crippen LogP contribution in [0.3, 0.4) is 0 Å². The summed E-state index contributed by atoms with van der Waals surface area (Å²) in [6.45, 7) is -2.06. The van der Waals surface area contributed by atoms with Crippen LogP contribution in [0.1, 0.15) is 23.1 Å². The molecular weight excluding hydrogens is 572 g/mol. The Morgan fingerprint density at radius 3 is 2.40 bits per heavy atom. The normalized spacial score (nSPS) is 13.7. The van der Waals surface area contributed by atoms with Crippen LogP contribution in [0, 0.1) is 0 Å². The SMILES string of the molecule is O=C(Cn1nc(-c2ccc(Cl)cc2)n(CC(O)C(F)(F)F)c1=O)NC(c1cccc(C(F)(F)F)c1)c1ncco1. The molecule has 0 spiro atoms. The Balaban J connectivity index is 1.66. The quantitative estimate of drug-likeness (QED) is 0.298. The maximum Gasteiger partial charge on any atom is 0.416 e. The van der Waals surface area contributed by atoms with Crippen molar-refractivity contribution in [3.63, 3.8) is 0 Å². The van der Waals surface area contributed by atoms with E-state index in [9.17, 15) is 41.0 Å². The Hall–Kier alpha value is -4.11. The third kappa shape index (κ3) is 6.54. The minimum Gasteiger partial charge on any atom is -0.446 e. The second-order valence-corrected chi connectivity index (χ2v) is 8.87. The van der Waals surface area contributed by atoms with Gasteiger partial charge >= 0.3 is 18.0 Å². The molecule has 4 rings (SSSR count). The number of alkyl halides is 6. The molecule has 0 aliphatic rings. The summed E-state index contributed by atoms with van der Waals surface area (Å²) in [5.41, 5.74) is -2.04. The Morgan fingerprint density at radius 1 is 1.10 bits per heavy atom. The van der Waals surface area contributed by atoms with Crippen LogP contribution < -0.4 is 11.0 Å². The summed E-state index contributed by atoms with van der Waals surface area (Å²) < 4.78 is 85.2. The zero-order chi connectivity index (χ0) is 29.2. The molecule has 0 aliphatic heterocycles. The fraction of sp³-hybridized carbons (Fsp3) is 0.250. The summed E-state index contributed by atoms with van der Waals surface area (Å²) in [5.74, 6) is -1.41. The van der Waals surface area contributed by atoms with Gasteiger partial charge in [-0.15, -0.1) is 5.10 Å². The second-order valence-electron chi connectivity index (χ2n) is 8.43. The highest BCUT2D eigenvalue weighted by molar-refractivity contribution is 6.30. The summed E-state index contributed by atoms with van der Waals surface area (Å²) >= 11 is 5.85. The van der Waals surface area contributed by atoms with Gasteiger partial charge < -0.3 is 14.8 Å². The number of aliphatic hydroxyl groups is 1. The molecule has 0 saturated carbocycles. The van der Waals surface area contributed by atoms with E-state index in [4.69, 9.17) is 16.0 Å². The fourth-order valence-corrected chi connectivity index (χ4v) is 3.83. The van der Waals surface area contributed by atoms with Crippen LogP contribution in [0.5, 0.6) is 0 Å². The number of benzene rings is 2. The van der Waals surface area contributed by atoms with Crippen molar-refractivity contribution in [1.29, 1.82) is 0 Å². The third-order valence-corrected chi connectivity index (χ3v) is 5.85. The zero-order valence-corrected chi connectivity index (χ0v) is 20.7. The first-order chi connectivity index (χ1) is 18.7. The number of nitrogens with zero attached hydrogens (tertiary/aromatic N) is 4. The highest BCUT2D eigenvalue weighted by Gasteiger charge is 2.39. The third-order valence-electron chi connectivity index (χ3n) is 5.60. The Kier molecular flexibility index (Phi) is 8.07. The largest absolute Gasteiger partial charge is 0.446 e. The van der Waals surface area contributed by atoms with Crippen molar-refractivity contribution in [2.75, 3.05) is 0 Å². The number of hydrogen-bond acceptors (Lipinski definition) is 6. The lowest BCUT2D eigenvalue weighted by Gasteiger charge is -2.17. The van der Waals surface area contributed by atoms with E-state index in [1.54, 1.807) is 0 Å². The number of hydrogen-bond donors (Lipinski definition) is 2. The Morgan fingerprint density at radius 2 is 1.80 bits per heavy atom. The molecule has 0 saturated heterocycles. The Bertz CT molecular complexity index is 1530. The van der Waals surface area contributed by atoms with Crippen LogP contribution >= 0.6 is 11.6 Å². The molecule has 1 amide bonds. The van der Waals surface area contributed by atoms with Crippen LogP contribution in [0.2, 0.25) is 5.02 Å². The summed E-state index contributed by atoms with van der Waals surface area (Å²) in [7, 11) is 0. The predicted octanol–water partition coefficient (Wildman–Crippen LogP) is 4.20. The van der Waals surface area contributed by atoms with Gasteiger partial charge in [-0.3, -0.25) is 9.36 Å². The van der Waals surface area contributed by atoms with Gasteiger partial charge in [0, 0.05) is 10.6 Å². The summed E-state index contributed by atoms with van der Waals surface area (Å²) in [5, 5.41) is 16.3. The number of rotatable bonds is 8. The highest BCUT2D eigenvalue weighted by atomic mass is 35.5. The molecule has 2 N–H and O–H groups in total. The molecular formula is C24H18ClF6N5O4. The number of oxazole rings is 1. The van der Waals surface area contributed by atoms with Crippen molar-refractivity contribution in [1.82, 2.24) is 24.6 Å². The van der Waals surface area contributed by atoms with Gasteiger partial charge in [0.2, 0.25) is 11.8 Å². The molecule has 16 heteroatoms. The molecule has 0 bridgehead atoms. The number of aliphatic hydroxyl groups excluding tert-OH is 1. The summed E-state index contributed by atoms with van der Waals surface area (Å²) in [6.07, 6.45) is -10.3. The van der Waals surface area contributed by atoms with Gasteiger partial charge in [0.1, 0.15) is 18.8 Å². The van der Waals surface area contributed by atoms with Gasteiger partial charge in [-0.25, -0.2) is 14.5 Å². The van der Waals surface area contributed by atoms with E-state index in [1.807, 2.05) is 0 Å². The maximum atomic E-state index is 13.3. The summed E-state index contributed by atoms with van der Waals surface area (Å²) in [4.78, 5) is 29.8. The first kappa shape index (κ1) is 28.9. The monoisotopic (exact) mass is 589 g/mol. The van der Waals surface area contributed by atoms with Crippen molar-refractivity contribution in [3.8, 4) is 11.4 Å². The van der Waals surface area contributed by atoms with E-state index >= 15 is 0 Å². The van der Waals surface area contributed by atoms with Gasteiger partial charge in [-0.2, -0.15) is 26.3 Å². The molecule has 0 radical (unpaired) electrons. The Labute approximate surface area is 225 Å². The molecule has 2 atom stereocenters.